The molecule has 1 aliphatic heterocycles. The fourth-order valence-electron chi connectivity index (χ4n) is 2.13. The highest BCUT2D eigenvalue weighted by atomic mass is 16.6. The highest BCUT2D eigenvalue weighted by molar-refractivity contribution is 6.53. The summed E-state index contributed by atoms with van der Waals surface area (Å²) in [7, 11) is 0. The maximum atomic E-state index is 11.9. The normalized spacial score (nSPS) is 13.0. The number of carbonyl (C=O) groups excluding carboxylic acids is 3. The maximum Gasteiger partial charge on any atom is 0.326 e. The Morgan fingerprint density at radius 1 is 1.22 bits per heavy atom. The lowest BCUT2D eigenvalue weighted by Crippen LogP contribution is -2.35. The highest BCUT2D eigenvalue weighted by Gasteiger charge is 2.43. The van der Waals surface area contributed by atoms with Gasteiger partial charge in [0.05, 0.1) is 28.1 Å². The largest absolute Gasteiger partial charge is 0.465 e. The highest BCUT2D eigenvalue weighted by Crippen LogP contribution is 2.40. The molecular weight excluding hydrogens is 314 g/mol. The minimum absolute atomic E-state index is 0.0179. The summed E-state index contributed by atoms with van der Waals surface area (Å²) in [4.78, 5) is 56.0. The third-order valence-corrected chi connectivity index (χ3v) is 3.03. The van der Waals surface area contributed by atoms with Crippen LogP contribution in [0.25, 0.3) is 0 Å². The van der Waals surface area contributed by atoms with Crippen molar-refractivity contribution in [2.24, 2.45) is 0 Å². The lowest BCUT2D eigenvalue weighted by molar-refractivity contribution is -0.393. The number of benzene rings is 1. The minimum Gasteiger partial charge on any atom is -0.465 e. The summed E-state index contributed by atoms with van der Waals surface area (Å²) < 4.78 is 4.64. The van der Waals surface area contributed by atoms with Gasteiger partial charge >= 0.3 is 11.7 Å². The van der Waals surface area contributed by atoms with Crippen molar-refractivity contribution in [1.29, 1.82) is 0 Å². The number of hydrogen-bond acceptors (Lipinski definition) is 8. The van der Waals surface area contributed by atoms with Crippen LogP contribution in [-0.4, -0.2) is 40.7 Å². The molecule has 0 saturated heterocycles. The van der Waals surface area contributed by atoms with E-state index in [0.29, 0.717) is 11.0 Å². The van der Waals surface area contributed by atoms with E-state index in [1.165, 1.54) is 6.92 Å². The number of ether oxygens (including phenoxy) is 1. The van der Waals surface area contributed by atoms with Crippen LogP contribution in [0.15, 0.2) is 12.1 Å². The predicted octanol–water partition coefficient (Wildman–Crippen LogP) is 0.595. The maximum absolute atomic E-state index is 11.9. The number of ketones is 1. The summed E-state index contributed by atoms with van der Waals surface area (Å²) in [6, 6.07) is 1.40. The SMILES string of the molecule is CCOC(=O)CN1C(=O)C(=O)c2cc([N+](=O)[O-])cc([N+](=O)[O-])c21. The molecule has 2 rings (SSSR count). The van der Waals surface area contributed by atoms with Gasteiger partial charge in [-0.1, -0.05) is 0 Å². The van der Waals surface area contributed by atoms with Gasteiger partial charge in [-0.15, -0.1) is 0 Å². The molecule has 23 heavy (non-hydrogen) atoms. The number of amides is 1. The molecule has 0 radical (unpaired) electrons. The molecule has 0 atom stereocenters. The van der Waals surface area contributed by atoms with E-state index >= 15 is 0 Å². The van der Waals surface area contributed by atoms with Gasteiger partial charge in [0, 0.05) is 6.07 Å². The van der Waals surface area contributed by atoms with Crippen molar-refractivity contribution >= 4 is 34.7 Å². The number of esters is 1. The molecule has 0 unspecified atom stereocenters. The lowest BCUT2D eigenvalue weighted by Gasteiger charge is -2.15. The van der Waals surface area contributed by atoms with Gasteiger partial charge in [0.2, 0.25) is 0 Å². The fourth-order valence-corrected chi connectivity index (χ4v) is 2.13. The Bertz CT molecular complexity index is 757. The Kier molecular flexibility index (Phi) is 4.03. The predicted molar refractivity (Wildman–Crippen MR) is 73.1 cm³/mol. The molecule has 0 fully saturated rings. The molecule has 1 amide bonds. The van der Waals surface area contributed by atoms with Gasteiger partial charge in [-0.25, -0.2) is 0 Å². The number of hydrogen-bond donors (Lipinski definition) is 0. The summed E-state index contributed by atoms with van der Waals surface area (Å²) in [5.41, 5.74) is -2.43. The Balaban J connectivity index is 2.61. The second kappa shape index (κ2) is 5.79. The van der Waals surface area contributed by atoms with E-state index in [1.54, 1.807) is 0 Å². The third kappa shape index (κ3) is 2.71. The zero-order chi connectivity index (χ0) is 17.3. The van der Waals surface area contributed by atoms with Crippen LogP contribution in [-0.2, 0) is 14.3 Å². The van der Waals surface area contributed by atoms with Gasteiger partial charge in [-0.2, -0.15) is 0 Å². The smallest absolute Gasteiger partial charge is 0.326 e. The first kappa shape index (κ1) is 16.0. The number of nitro groups is 2. The van der Waals surface area contributed by atoms with Crippen molar-refractivity contribution in [2.75, 3.05) is 18.1 Å². The first-order valence-corrected chi connectivity index (χ1v) is 6.26. The Morgan fingerprint density at radius 3 is 2.39 bits per heavy atom. The summed E-state index contributed by atoms with van der Waals surface area (Å²) in [5.74, 6) is -3.21. The second-order valence-electron chi connectivity index (χ2n) is 4.40. The molecule has 11 heteroatoms. The molecule has 1 aromatic rings. The number of fused-ring (bicyclic) bond motifs is 1. The molecule has 0 aliphatic carbocycles. The van der Waals surface area contributed by atoms with Crippen LogP contribution in [0, 0.1) is 20.2 Å². The number of rotatable bonds is 5. The number of Topliss-reactive ketones (excluding diaryl/α,β-unsaturated/α-hetero) is 1. The van der Waals surface area contributed by atoms with Crippen molar-refractivity contribution < 1.29 is 29.0 Å². The molecule has 1 aliphatic rings. The average Bonchev–Trinajstić information content (AvgIpc) is 2.71. The van der Waals surface area contributed by atoms with E-state index in [0.717, 1.165) is 6.07 Å². The van der Waals surface area contributed by atoms with Crippen LogP contribution in [0.4, 0.5) is 17.1 Å². The standard InChI is InChI=1S/C12H9N3O8/c1-2-23-9(16)5-13-10-7(11(17)12(13)18)3-6(14(19)20)4-8(10)15(21)22/h3-4H,2,5H2,1H3. The van der Waals surface area contributed by atoms with Crippen LogP contribution >= 0.6 is 0 Å². The number of nitrogens with zero attached hydrogens (tertiary/aromatic N) is 3. The van der Waals surface area contributed by atoms with Gasteiger partial charge in [0.1, 0.15) is 12.2 Å². The number of anilines is 1. The van der Waals surface area contributed by atoms with Gasteiger partial charge in [0.15, 0.2) is 0 Å². The van der Waals surface area contributed by atoms with Gasteiger partial charge in [-0.05, 0) is 6.92 Å². The molecule has 0 bridgehead atoms. The van der Waals surface area contributed by atoms with E-state index < -0.39 is 56.7 Å². The van der Waals surface area contributed by atoms with Crippen molar-refractivity contribution in [3.63, 3.8) is 0 Å². The summed E-state index contributed by atoms with van der Waals surface area (Å²) in [5, 5.41) is 21.9. The average molecular weight is 323 g/mol. The summed E-state index contributed by atoms with van der Waals surface area (Å²) in [6.07, 6.45) is 0. The van der Waals surface area contributed by atoms with Crippen LogP contribution in [0.3, 0.4) is 0 Å². The Labute approximate surface area is 127 Å². The molecule has 1 aromatic carbocycles. The zero-order valence-corrected chi connectivity index (χ0v) is 11.7. The lowest BCUT2D eigenvalue weighted by atomic mass is 10.1. The van der Waals surface area contributed by atoms with Crippen LogP contribution in [0.2, 0.25) is 0 Å². The third-order valence-electron chi connectivity index (χ3n) is 3.03. The van der Waals surface area contributed by atoms with E-state index in [4.69, 9.17) is 0 Å². The molecule has 1 heterocycles. The molecule has 0 aromatic heterocycles. The van der Waals surface area contributed by atoms with Gasteiger partial charge < -0.3 is 4.74 Å². The first-order valence-electron chi connectivity index (χ1n) is 6.26. The van der Waals surface area contributed by atoms with Crippen LogP contribution in [0.5, 0.6) is 0 Å². The molecule has 0 saturated carbocycles. The molecule has 11 nitrogen and oxygen atoms in total. The molecular formula is C12H9N3O8. The van der Waals surface area contributed by atoms with Crippen LogP contribution in [0.1, 0.15) is 17.3 Å². The number of carbonyl (C=O) groups is 3. The number of non-ortho nitro benzene ring substituents is 1. The van der Waals surface area contributed by atoms with E-state index in [9.17, 15) is 34.6 Å². The summed E-state index contributed by atoms with van der Waals surface area (Å²) in [6.45, 7) is 0.836. The van der Waals surface area contributed by atoms with Gasteiger partial charge in [0.25, 0.3) is 17.4 Å². The van der Waals surface area contributed by atoms with Crippen molar-refractivity contribution in [1.82, 2.24) is 0 Å². The van der Waals surface area contributed by atoms with E-state index in [2.05, 4.69) is 4.74 Å². The van der Waals surface area contributed by atoms with Crippen molar-refractivity contribution in [3.05, 3.63) is 37.9 Å². The van der Waals surface area contributed by atoms with Gasteiger partial charge in [-0.3, -0.25) is 39.5 Å². The first-order chi connectivity index (χ1) is 10.8. The topological polar surface area (TPSA) is 150 Å². The monoisotopic (exact) mass is 323 g/mol. The zero-order valence-electron chi connectivity index (χ0n) is 11.7. The summed E-state index contributed by atoms with van der Waals surface area (Å²) >= 11 is 0. The molecule has 120 valence electrons. The Morgan fingerprint density at radius 2 is 1.87 bits per heavy atom. The Hall–Kier alpha value is -3.37. The van der Waals surface area contributed by atoms with E-state index in [1.807, 2.05) is 0 Å². The van der Waals surface area contributed by atoms with E-state index in [-0.39, 0.29) is 6.61 Å². The quantitative estimate of drug-likeness (QED) is 0.330. The molecule has 0 spiro atoms. The fraction of sp³-hybridized carbons (Fsp3) is 0.250. The second-order valence-corrected chi connectivity index (χ2v) is 4.40. The number of nitro benzene ring substituents is 2. The minimum atomic E-state index is -1.18. The van der Waals surface area contributed by atoms with Crippen molar-refractivity contribution in [3.8, 4) is 0 Å². The van der Waals surface area contributed by atoms with Crippen LogP contribution < -0.4 is 4.90 Å². The van der Waals surface area contributed by atoms with Crippen molar-refractivity contribution in [2.45, 2.75) is 6.92 Å². The molecule has 0 N–H and O–H groups in total.